The van der Waals surface area contributed by atoms with Gasteiger partial charge in [0.25, 0.3) is 0 Å². The molecule has 0 N–H and O–H groups in total. The molecule has 1 aromatic heterocycles. The number of hydrogen-bond donors (Lipinski definition) is 0. The SMILES string of the molecule is Cc1noc(C)c1COC(=O)c1ccccc1N(C)S(C)(=O)=O. The van der Waals surface area contributed by atoms with Crippen molar-refractivity contribution in [1.82, 2.24) is 5.16 Å². The third-order valence-electron chi connectivity index (χ3n) is 3.49. The Hall–Kier alpha value is -2.35. The second kappa shape index (κ2) is 6.41. The van der Waals surface area contributed by atoms with E-state index in [1.807, 2.05) is 0 Å². The average molecular weight is 338 g/mol. The lowest BCUT2D eigenvalue weighted by atomic mass is 10.2. The maximum atomic E-state index is 12.3. The molecule has 124 valence electrons. The highest BCUT2D eigenvalue weighted by atomic mass is 32.2. The van der Waals surface area contributed by atoms with E-state index < -0.39 is 16.0 Å². The van der Waals surface area contributed by atoms with Crippen molar-refractivity contribution in [2.75, 3.05) is 17.6 Å². The van der Waals surface area contributed by atoms with Crippen LogP contribution in [0.3, 0.4) is 0 Å². The van der Waals surface area contributed by atoms with Gasteiger partial charge in [-0.1, -0.05) is 17.3 Å². The largest absolute Gasteiger partial charge is 0.457 e. The van der Waals surface area contributed by atoms with Crippen LogP contribution in [0, 0.1) is 13.8 Å². The minimum Gasteiger partial charge on any atom is -0.457 e. The van der Waals surface area contributed by atoms with Crippen LogP contribution in [-0.2, 0) is 21.4 Å². The number of carbonyl (C=O) groups excluding carboxylic acids is 1. The molecule has 0 spiro atoms. The maximum absolute atomic E-state index is 12.3. The molecule has 0 unspecified atom stereocenters. The van der Waals surface area contributed by atoms with Crippen molar-refractivity contribution in [3.8, 4) is 0 Å². The Balaban J connectivity index is 2.24. The standard InChI is InChI=1S/C15H18N2O5S/c1-10-13(11(2)22-16-10)9-21-15(18)12-7-5-6-8-14(12)17(3)23(4,19)20/h5-8H,9H2,1-4H3. The summed E-state index contributed by atoms with van der Waals surface area (Å²) in [7, 11) is -2.10. The quantitative estimate of drug-likeness (QED) is 0.775. The van der Waals surface area contributed by atoms with Crippen LogP contribution in [-0.4, -0.2) is 32.8 Å². The Morgan fingerprint density at radius 2 is 1.96 bits per heavy atom. The summed E-state index contributed by atoms with van der Waals surface area (Å²) in [6, 6.07) is 6.37. The van der Waals surface area contributed by atoms with E-state index in [-0.39, 0.29) is 17.9 Å². The van der Waals surface area contributed by atoms with Crippen LogP contribution in [0.4, 0.5) is 5.69 Å². The highest BCUT2D eigenvalue weighted by molar-refractivity contribution is 7.92. The van der Waals surface area contributed by atoms with Crippen LogP contribution in [0.15, 0.2) is 28.8 Å². The molecular formula is C15H18N2O5S. The van der Waals surface area contributed by atoms with Crippen LogP contribution < -0.4 is 4.31 Å². The number of ether oxygens (including phenoxy) is 1. The molecule has 8 heteroatoms. The fourth-order valence-corrected chi connectivity index (χ4v) is 2.54. The van der Waals surface area contributed by atoms with Gasteiger partial charge in [0.05, 0.1) is 28.8 Å². The number of sulfonamides is 1. The fraction of sp³-hybridized carbons (Fsp3) is 0.333. The van der Waals surface area contributed by atoms with Gasteiger partial charge >= 0.3 is 5.97 Å². The van der Waals surface area contributed by atoms with E-state index in [0.29, 0.717) is 17.0 Å². The van der Waals surface area contributed by atoms with Crippen LogP contribution in [0.25, 0.3) is 0 Å². The molecule has 0 aliphatic carbocycles. The molecule has 2 rings (SSSR count). The monoisotopic (exact) mass is 338 g/mol. The van der Waals surface area contributed by atoms with Crippen LogP contribution >= 0.6 is 0 Å². The number of para-hydroxylation sites is 1. The third-order valence-corrected chi connectivity index (χ3v) is 4.68. The molecule has 0 atom stereocenters. The van der Waals surface area contributed by atoms with Gasteiger partial charge in [0, 0.05) is 7.05 Å². The van der Waals surface area contributed by atoms with Crippen LogP contribution in [0.5, 0.6) is 0 Å². The van der Waals surface area contributed by atoms with Crippen molar-refractivity contribution in [2.24, 2.45) is 0 Å². The first-order valence-electron chi connectivity index (χ1n) is 6.83. The predicted octanol–water partition coefficient (Wildman–Crippen LogP) is 2.04. The van der Waals surface area contributed by atoms with E-state index in [2.05, 4.69) is 5.16 Å². The van der Waals surface area contributed by atoms with Gasteiger partial charge in [0.1, 0.15) is 12.4 Å². The number of anilines is 1. The van der Waals surface area contributed by atoms with Gasteiger partial charge in [-0.2, -0.15) is 0 Å². The molecule has 0 aliphatic rings. The zero-order chi connectivity index (χ0) is 17.2. The zero-order valence-electron chi connectivity index (χ0n) is 13.4. The highest BCUT2D eigenvalue weighted by Crippen LogP contribution is 2.23. The number of rotatable bonds is 5. The van der Waals surface area contributed by atoms with Gasteiger partial charge in [-0.25, -0.2) is 13.2 Å². The molecule has 0 saturated carbocycles. The molecule has 1 aromatic carbocycles. The van der Waals surface area contributed by atoms with Gasteiger partial charge in [0.2, 0.25) is 10.0 Å². The molecule has 0 aliphatic heterocycles. The first-order chi connectivity index (χ1) is 10.7. The lowest BCUT2D eigenvalue weighted by Gasteiger charge is -2.19. The van der Waals surface area contributed by atoms with Crippen LogP contribution in [0.2, 0.25) is 0 Å². The molecule has 0 radical (unpaired) electrons. The van der Waals surface area contributed by atoms with Gasteiger partial charge in [-0.15, -0.1) is 0 Å². The van der Waals surface area contributed by atoms with Gasteiger partial charge in [0.15, 0.2) is 0 Å². The molecule has 1 heterocycles. The number of aryl methyl sites for hydroxylation is 2. The van der Waals surface area contributed by atoms with E-state index in [1.54, 1.807) is 32.0 Å². The number of hydrogen-bond acceptors (Lipinski definition) is 6. The Kier molecular flexibility index (Phi) is 4.74. The van der Waals surface area contributed by atoms with Gasteiger partial charge in [-0.3, -0.25) is 4.31 Å². The molecule has 23 heavy (non-hydrogen) atoms. The highest BCUT2D eigenvalue weighted by Gasteiger charge is 2.21. The van der Waals surface area contributed by atoms with Crippen molar-refractivity contribution in [3.05, 3.63) is 46.8 Å². The number of benzene rings is 1. The molecule has 0 amide bonds. The minimum atomic E-state index is -3.48. The summed E-state index contributed by atoms with van der Waals surface area (Å²) in [5.74, 6) is -0.0343. The third kappa shape index (κ3) is 3.70. The Morgan fingerprint density at radius 3 is 2.52 bits per heavy atom. The number of esters is 1. The first kappa shape index (κ1) is 17.0. The van der Waals surface area contributed by atoms with Crippen molar-refractivity contribution in [3.63, 3.8) is 0 Å². The summed E-state index contributed by atoms with van der Waals surface area (Å²) in [5.41, 5.74) is 1.79. The van der Waals surface area contributed by atoms with E-state index in [1.165, 1.54) is 13.1 Å². The van der Waals surface area contributed by atoms with E-state index in [0.717, 1.165) is 10.6 Å². The molecular weight excluding hydrogens is 320 g/mol. The molecule has 0 fully saturated rings. The zero-order valence-corrected chi connectivity index (χ0v) is 14.2. The maximum Gasteiger partial charge on any atom is 0.340 e. The lowest BCUT2D eigenvalue weighted by Crippen LogP contribution is -2.27. The van der Waals surface area contributed by atoms with Crippen molar-refractivity contribution in [1.29, 1.82) is 0 Å². The fourth-order valence-electron chi connectivity index (χ4n) is 2.02. The number of carbonyl (C=O) groups is 1. The lowest BCUT2D eigenvalue weighted by molar-refractivity contribution is 0.0472. The van der Waals surface area contributed by atoms with Crippen LogP contribution in [0.1, 0.15) is 27.4 Å². The van der Waals surface area contributed by atoms with Crippen molar-refractivity contribution in [2.45, 2.75) is 20.5 Å². The summed E-state index contributed by atoms with van der Waals surface area (Å²) in [4.78, 5) is 12.3. The van der Waals surface area contributed by atoms with Crippen molar-refractivity contribution >= 4 is 21.7 Å². The van der Waals surface area contributed by atoms with E-state index in [4.69, 9.17) is 9.26 Å². The second-order valence-electron chi connectivity index (χ2n) is 5.13. The summed E-state index contributed by atoms with van der Waals surface area (Å²) in [6.07, 6.45) is 1.07. The topological polar surface area (TPSA) is 89.7 Å². The number of nitrogens with zero attached hydrogens (tertiary/aromatic N) is 2. The second-order valence-corrected chi connectivity index (χ2v) is 7.14. The summed E-state index contributed by atoms with van der Waals surface area (Å²) in [6.45, 7) is 3.50. The number of aromatic nitrogens is 1. The summed E-state index contributed by atoms with van der Waals surface area (Å²) >= 11 is 0. The summed E-state index contributed by atoms with van der Waals surface area (Å²) in [5, 5.41) is 3.79. The predicted molar refractivity (Wildman–Crippen MR) is 84.8 cm³/mol. The minimum absolute atomic E-state index is 0.0108. The molecule has 0 bridgehead atoms. The average Bonchev–Trinajstić information content (AvgIpc) is 2.82. The molecule has 7 nitrogen and oxygen atoms in total. The van der Waals surface area contributed by atoms with Crippen molar-refractivity contribution < 1.29 is 22.5 Å². The summed E-state index contributed by atoms with van der Waals surface area (Å²) < 4.78 is 34.7. The Bertz CT molecular complexity index is 807. The molecule has 0 saturated heterocycles. The van der Waals surface area contributed by atoms with E-state index in [9.17, 15) is 13.2 Å². The Morgan fingerprint density at radius 1 is 1.30 bits per heavy atom. The Labute approximate surface area is 134 Å². The first-order valence-corrected chi connectivity index (χ1v) is 8.68. The van der Waals surface area contributed by atoms with Gasteiger partial charge < -0.3 is 9.26 Å². The smallest absolute Gasteiger partial charge is 0.340 e. The van der Waals surface area contributed by atoms with E-state index >= 15 is 0 Å². The molecule has 2 aromatic rings. The van der Waals surface area contributed by atoms with Gasteiger partial charge in [-0.05, 0) is 26.0 Å². The normalized spacial score (nSPS) is 11.3.